The molecule has 0 amide bonds. The number of carbonyl (C=O) groups is 1. The number of nitrogens with zero attached hydrogens (tertiary/aromatic N) is 3. The van der Waals surface area contributed by atoms with Gasteiger partial charge in [0.2, 0.25) is 0 Å². The molecule has 1 aromatic heterocycles. The molecule has 2 N–H and O–H groups in total. The van der Waals surface area contributed by atoms with Crippen molar-refractivity contribution in [2.45, 2.75) is 72.8 Å². The highest BCUT2D eigenvalue weighted by Gasteiger charge is 2.21. The van der Waals surface area contributed by atoms with Crippen molar-refractivity contribution >= 4 is 5.97 Å². The van der Waals surface area contributed by atoms with Gasteiger partial charge in [-0.3, -0.25) is 0 Å². The molecular formula is C33H37N3O4. The molecule has 4 rings (SSSR count). The van der Waals surface area contributed by atoms with E-state index in [-0.39, 0.29) is 11.5 Å². The Morgan fingerprint density at radius 3 is 1.75 bits per heavy atom. The second kappa shape index (κ2) is 12.7. The zero-order valence-corrected chi connectivity index (χ0v) is 23.9. The van der Waals surface area contributed by atoms with Crippen molar-refractivity contribution in [1.82, 2.24) is 15.0 Å². The summed E-state index contributed by atoms with van der Waals surface area (Å²) in [7, 11) is 0. The summed E-state index contributed by atoms with van der Waals surface area (Å²) in [6, 6.07) is 16.9. The van der Waals surface area contributed by atoms with E-state index >= 15 is 0 Å². The van der Waals surface area contributed by atoms with Crippen LogP contribution in [-0.2, 0) is 4.79 Å². The van der Waals surface area contributed by atoms with Crippen molar-refractivity contribution in [2.24, 2.45) is 0 Å². The molecule has 0 bridgehead atoms. The minimum atomic E-state index is -1.02. The highest BCUT2D eigenvalue weighted by molar-refractivity contribution is 5.74. The van der Waals surface area contributed by atoms with Crippen LogP contribution in [-0.4, -0.2) is 37.2 Å². The molecule has 4 aromatic rings. The van der Waals surface area contributed by atoms with Crippen molar-refractivity contribution in [2.75, 3.05) is 0 Å². The Labute approximate surface area is 236 Å². The molecule has 0 aliphatic heterocycles. The SMILES string of the molecule is CCCCCCC(Oc1ccc(-c2nc(-c3ccc(C)cc3C)nc(-c3ccc(C)cc3C)n2)c(O)c1)C(=O)O. The van der Waals surface area contributed by atoms with Crippen LogP contribution in [0, 0.1) is 27.7 Å². The third-order valence-electron chi connectivity index (χ3n) is 6.96. The van der Waals surface area contributed by atoms with Crippen LogP contribution in [0.2, 0.25) is 0 Å². The van der Waals surface area contributed by atoms with E-state index in [9.17, 15) is 15.0 Å². The number of phenols is 1. The molecule has 0 spiro atoms. The number of benzene rings is 3. The van der Waals surface area contributed by atoms with E-state index in [2.05, 4.69) is 19.1 Å². The van der Waals surface area contributed by atoms with Crippen molar-refractivity contribution in [3.63, 3.8) is 0 Å². The number of carboxylic acid groups (broad SMARTS) is 1. The van der Waals surface area contributed by atoms with Gasteiger partial charge in [-0.2, -0.15) is 0 Å². The van der Waals surface area contributed by atoms with Crippen molar-refractivity contribution in [3.8, 4) is 45.7 Å². The van der Waals surface area contributed by atoms with E-state index in [1.165, 1.54) is 6.07 Å². The van der Waals surface area contributed by atoms with Gasteiger partial charge in [0.05, 0.1) is 5.56 Å². The summed E-state index contributed by atoms with van der Waals surface area (Å²) in [5.74, 6) is 0.497. The first-order valence-electron chi connectivity index (χ1n) is 13.8. The lowest BCUT2D eigenvalue weighted by Crippen LogP contribution is -2.26. The van der Waals surface area contributed by atoms with Crippen LogP contribution in [0.1, 0.15) is 61.3 Å². The second-order valence-electron chi connectivity index (χ2n) is 10.4. The van der Waals surface area contributed by atoms with Crippen LogP contribution in [0.4, 0.5) is 0 Å². The maximum absolute atomic E-state index is 11.8. The first-order chi connectivity index (χ1) is 19.2. The normalized spacial score (nSPS) is 11.8. The number of aliphatic carboxylic acids is 1. The minimum Gasteiger partial charge on any atom is -0.507 e. The third kappa shape index (κ3) is 6.84. The highest BCUT2D eigenvalue weighted by atomic mass is 16.5. The fourth-order valence-corrected chi connectivity index (χ4v) is 4.79. The molecule has 0 radical (unpaired) electrons. The van der Waals surface area contributed by atoms with Crippen LogP contribution in [0.15, 0.2) is 54.6 Å². The molecule has 0 aliphatic rings. The predicted octanol–water partition coefficient (Wildman–Crippen LogP) is 7.61. The smallest absolute Gasteiger partial charge is 0.344 e. The Hall–Kier alpha value is -4.26. The Bertz CT molecular complexity index is 1450. The zero-order valence-electron chi connectivity index (χ0n) is 23.9. The topological polar surface area (TPSA) is 105 Å². The van der Waals surface area contributed by atoms with Crippen LogP contribution in [0.5, 0.6) is 11.5 Å². The molecule has 3 aromatic carbocycles. The largest absolute Gasteiger partial charge is 0.507 e. The summed E-state index contributed by atoms with van der Waals surface area (Å²) < 4.78 is 5.76. The fourth-order valence-electron chi connectivity index (χ4n) is 4.79. The number of aromatic nitrogens is 3. The summed E-state index contributed by atoms with van der Waals surface area (Å²) in [5.41, 5.74) is 6.53. The Morgan fingerprint density at radius 2 is 1.27 bits per heavy atom. The molecular weight excluding hydrogens is 502 g/mol. The lowest BCUT2D eigenvalue weighted by Gasteiger charge is -2.16. The molecule has 1 unspecified atom stereocenters. The van der Waals surface area contributed by atoms with E-state index in [0.717, 1.165) is 59.1 Å². The summed E-state index contributed by atoms with van der Waals surface area (Å²) in [5, 5.41) is 20.7. The van der Waals surface area contributed by atoms with Gasteiger partial charge < -0.3 is 14.9 Å². The van der Waals surface area contributed by atoms with Gasteiger partial charge in [-0.25, -0.2) is 19.7 Å². The van der Waals surface area contributed by atoms with Crippen molar-refractivity contribution < 1.29 is 19.7 Å². The average molecular weight is 540 g/mol. The quantitative estimate of drug-likeness (QED) is 0.189. The van der Waals surface area contributed by atoms with Gasteiger partial charge in [0, 0.05) is 17.2 Å². The van der Waals surface area contributed by atoms with Gasteiger partial charge in [-0.1, -0.05) is 73.7 Å². The minimum absolute atomic E-state index is 0.100. The summed E-state index contributed by atoms with van der Waals surface area (Å²) in [6.45, 7) is 10.2. The maximum atomic E-state index is 11.8. The molecule has 0 saturated heterocycles. The number of phenolic OH excluding ortho intramolecular Hbond substituents is 1. The molecule has 40 heavy (non-hydrogen) atoms. The number of carboxylic acids is 1. The number of ether oxygens (including phenoxy) is 1. The number of aryl methyl sites for hydroxylation is 4. The predicted molar refractivity (Wildman–Crippen MR) is 158 cm³/mol. The summed E-state index contributed by atoms with van der Waals surface area (Å²) in [6.07, 6.45) is 3.28. The van der Waals surface area contributed by atoms with Crippen LogP contribution in [0.3, 0.4) is 0 Å². The van der Waals surface area contributed by atoms with Crippen LogP contribution < -0.4 is 4.74 Å². The van der Waals surface area contributed by atoms with E-state index in [1.54, 1.807) is 12.1 Å². The van der Waals surface area contributed by atoms with E-state index < -0.39 is 12.1 Å². The van der Waals surface area contributed by atoms with Gasteiger partial charge in [-0.05, 0) is 63.8 Å². The first-order valence-corrected chi connectivity index (χ1v) is 13.8. The van der Waals surface area contributed by atoms with Crippen LogP contribution >= 0.6 is 0 Å². The fraction of sp³-hybridized carbons (Fsp3) is 0.333. The number of hydrogen-bond donors (Lipinski definition) is 2. The molecule has 0 fully saturated rings. The van der Waals surface area contributed by atoms with Gasteiger partial charge >= 0.3 is 5.97 Å². The highest BCUT2D eigenvalue weighted by Crippen LogP contribution is 2.34. The lowest BCUT2D eigenvalue weighted by molar-refractivity contribution is -0.145. The van der Waals surface area contributed by atoms with Gasteiger partial charge in [0.15, 0.2) is 23.6 Å². The molecule has 1 atom stereocenters. The second-order valence-corrected chi connectivity index (χ2v) is 10.4. The average Bonchev–Trinajstić information content (AvgIpc) is 2.90. The van der Waals surface area contributed by atoms with E-state index in [1.807, 2.05) is 52.0 Å². The third-order valence-corrected chi connectivity index (χ3v) is 6.96. The van der Waals surface area contributed by atoms with E-state index in [0.29, 0.717) is 29.5 Å². The number of rotatable bonds is 11. The molecule has 1 heterocycles. The van der Waals surface area contributed by atoms with Crippen LogP contribution in [0.25, 0.3) is 34.2 Å². The summed E-state index contributed by atoms with van der Waals surface area (Å²) in [4.78, 5) is 26.1. The lowest BCUT2D eigenvalue weighted by atomic mass is 10.0. The van der Waals surface area contributed by atoms with Gasteiger partial charge in [0.25, 0.3) is 0 Å². The molecule has 0 saturated carbocycles. The molecule has 7 nitrogen and oxygen atoms in total. The number of aromatic hydroxyl groups is 1. The first kappa shape index (κ1) is 28.7. The van der Waals surface area contributed by atoms with Crippen molar-refractivity contribution in [3.05, 3.63) is 76.9 Å². The van der Waals surface area contributed by atoms with E-state index in [4.69, 9.17) is 19.7 Å². The number of unbranched alkanes of at least 4 members (excludes halogenated alkanes) is 3. The molecule has 7 heteroatoms. The Morgan fingerprint density at radius 1 is 0.750 bits per heavy atom. The Kier molecular flexibility index (Phi) is 9.15. The standard InChI is InChI=1S/C33H37N3O4/c1-6-7-8-9-10-29(33(38)39)40-24-13-16-27(28(37)19-24)32-35-30(25-14-11-20(2)17-22(25)4)34-31(36-32)26-15-12-21(3)18-23(26)5/h11-19,29,37H,6-10H2,1-5H3,(H,38,39). The molecule has 208 valence electrons. The molecule has 0 aliphatic carbocycles. The zero-order chi connectivity index (χ0) is 28.8. The van der Waals surface area contributed by atoms with Gasteiger partial charge in [-0.15, -0.1) is 0 Å². The summed E-state index contributed by atoms with van der Waals surface area (Å²) >= 11 is 0. The van der Waals surface area contributed by atoms with Gasteiger partial charge in [0.1, 0.15) is 11.5 Å². The number of hydrogen-bond acceptors (Lipinski definition) is 6. The Balaban J connectivity index is 1.74. The van der Waals surface area contributed by atoms with Crippen molar-refractivity contribution in [1.29, 1.82) is 0 Å². The maximum Gasteiger partial charge on any atom is 0.344 e. The monoisotopic (exact) mass is 539 g/mol.